The zero-order valence-corrected chi connectivity index (χ0v) is 11.7. The van der Waals surface area contributed by atoms with Gasteiger partial charge in [-0.15, -0.1) is 0 Å². The molecule has 0 fully saturated rings. The molecule has 2 rings (SSSR count). The Bertz CT molecular complexity index is 499. The highest BCUT2D eigenvalue weighted by atomic mass is 79.9. The molecule has 1 atom stereocenters. The molecule has 5 heteroatoms. The van der Waals surface area contributed by atoms with Crippen LogP contribution in [-0.4, -0.2) is 9.97 Å². The minimum Gasteiger partial charge on any atom is -0.324 e. The molecule has 0 saturated carbocycles. The molecular weight excluding hydrogens is 298 g/mol. The van der Waals surface area contributed by atoms with Crippen LogP contribution in [0.25, 0.3) is 0 Å². The fourth-order valence-electron chi connectivity index (χ4n) is 1.27. The van der Waals surface area contributed by atoms with Crippen molar-refractivity contribution in [3.05, 3.63) is 46.7 Å². The van der Waals surface area contributed by atoms with Gasteiger partial charge in [-0.1, -0.05) is 6.07 Å². The van der Waals surface area contributed by atoms with Crippen LogP contribution in [0.2, 0.25) is 0 Å². The molecule has 0 radical (unpaired) electrons. The number of nitrogens with two attached hydrogens (primary N) is 1. The lowest BCUT2D eigenvalue weighted by Gasteiger charge is -2.06. The van der Waals surface area contributed by atoms with Crippen LogP contribution in [0.4, 0.5) is 0 Å². The van der Waals surface area contributed by atoms with E-state index in [4.69, 9.17) is 5.73 Å². The van der Waals surface area contributed by atoms with Crippen LogP contribution in [-0.2, 0) is 0 Å². The summed E-state index contributed by atoms with van der Waals surface area (Å²) in [7, 11) is 0. The van der Waals surface area contributed by atoms with Crippen LogP contribution >= 0.6 is 27.7 Å². The normalized spacial score (nSPS) is 12.4. The number of aromatic nitrogens is 2. The Labute approximate surface area is 113 Å². The smallest absolute Gasteiger partial charge is 0.116 e. The van der Waals surface area contributed by atoms with Crippen LogP contribution < -0.4 is 5.73 Å². The summed E-state index contributed by atoms with van der Waals surface area (Å²) in [4.78, 5) is 8.64. The number of hydrogen-bond donors (Lipinski definition) is 1. The molecule has 0 aliphatic carbocycles. The number of nitrogens with zero attached hydrogens (tertiary/aromatic N) is 2. The lowest BCUT2D eigenvalue weighted by atomic mass is 10.2. The summed E-state index contributed by atoms with van der Waals surface area (Å²) in [5.41, 5.74) is 6.81. The van der Waals surface area contributed by atoms with Crippen molar-refractivity contribution in [1.82, 2.24) is 9.97 Å². The van der Waals surface area contributed by atoms with Gasteiger partial charge in [0.1, 0.15) is 10.1 Å². The molecule has 3 nitrogen and oxygen atoms in total. The van der Waals surface area contributed by atoms with Crippen molar-refractivity contribution in [2.24, 2.45) is 5.73 Å². The maximum Gasteiger partial charge on any atom is 0.116 e. The van der Waals surface area contributed by atoms with E-state index in [-0.39, 0.29) is 6.04 Å². The van der Waals surface area contributed by atoms with Crippen molar-refractivity contribution in [2.45, 2.75) is 23.0 Å². The van der Waals surface area contributed by atoms with E-state index in [1.807, 2.05) is 37.4 Å². The third kappa shape index (κ3) is 3.28. The molecule has 2 aromatic rings. The molecule has 2 aromatic heterocycles. The Morgan fingerprint density at radius 2 is 2.12 bits per heavy atom. The summed E-state index contributed by atoms with van der Waals surface area (Å²) in [6.07, 6.45) is 3.58. The fraction of sp³-hybridized carbons (Fsp3) is 0.167. The molecule has 0 amide bonds. The first kappa shape index (κ1) is 12.5. The van der Waals surface area contributed by atoms with Gasteiger partial charge in [0.05, 0.1) is 4.47 Å². The largest absolute Gasteiger partial charge is 0.324 e. The first-order valence-corrected chi connectivity index (χ1v) is 6.77. The van der Waals surface area contributed by atoms with Crippen LogP contribution in [0, 0.1) is 0 Å². The van der Waals surface area contributed by atoms with Crippen LogP contribution in [0.5, 0.6) is 0 Å². The van der Waals surface area contributed by atoms with E-state index < -0.39 is 0 Å². The van der Waals surface area contributed by atoms with E-state index in [0.717, 1.165) is 20.1 Å². The van der Waals surface area contributed by atoms with Crippen molar-refractivity contribution in [3.8, 4) is 0 Å². The van der Waals surface area contributed by atoms with Crippen molar-refractivity contribution in [2.75, 3.05) is 0 Å². The van der Waals surface area contributed by atoms with Gasteiger partial charge in [0.2, 0.25) is 0 Å². The topological polar surface area (TPSA) is 51.8 Å². The molecule has 0 aromatic carbocycles. The minimum atomic E-state index is 0.0168. The number of hydrogen-bond acceptors (Lipinski definition) is 4. The molecule has 2 N–H and O–H groups in total. The van der Waals surface area contributed by atoms with E-state index in [0.29, 0.717) is 0 Å². The monoisotopic (exact) mass is 309 g/mol. The Morgan fingerprint density at radius 3 is 2.71 bits per heavy atom. The quantitative estimate of drug-likeness (QED) is 0.944. The predicted octanol–water partition coefficient (Wildman–Crippen LogP) is 3.41. The molecular formula is C12H12BrN3S. The second kappa shape index (κ2) is 5.62. The van der Waals surface area contributed by atoms with Gasteiger partial charge in [-0.2, -0.15) is 0 Å². The van der Waals surface area contributed by atoms with E-state index >= 15 is 0 Å². The number of pyridine rings is 2. The summed E-state index contributed by atoms with van der Waals surface area (Å²) >= 11 is 4.99. The zero-order valence-electron chi connectivity index (χ0n) is 9.30. The Morgan fingerprint density at radius 1 is 1.29 bits per heavy atom. The third-order valence-corrected chi connectivity index (χ3v) is 4.08. The van der Waals surface area contributed by atoms with Gasteiger partial charge in [0, 0.05) is 18.4 Å². The van der Waals surface area contributed by atoms with Gasteiger partial charge in [0.15, 0.2) is 0 Å². The summed E-state index contributed by atoms with van der Waals surface area (Å²) in [5.74, 6) is 0. The average molecular weight is 310 g/mol. The summed E-state index contributed by atoms with van der Waals surface area (Å²) in [6.45, 7) is 1.94. The molecule has 0 bridgehead atoms. The second-order valence-corrected chi connectivity index (χ2v) is 5.47. The van der Waals surface area contributed by atoms with Crippen molar-refractivity contribution in [3.63, 3.8) is 0 Å². The lowest BCUT2D eigenvalue weighted by molar-refractivity contribution is 0.806. The molecule has 0 aliphatic heterocycles. The van der Waals surface area contributed by atoms with Gasteiger partial charge in [-0.3, -0.25) is 0 Å². The minimum absolute atomic E-state index is 0.0168. The molecule has 17 heavy (non-hydrogen) atoms. The van der Waals surface area contributed by atoms with Gasteiger partial charge in [-0.05, 0) is 58.4 Å². The summed E-state index contributed by atoms with van der Waals surface area (Å²) in [5, 5.41) is 1.82. The molecule has 0 unspecified atom stereocenters. The van der Waals surface area contributed by atoms with E-state index in [1.165, 1.54) is 11.8 Å². The second-order valence-electron chi connectivity index (χ2n) is 3.61. The lowest BCUT2D eigenvalue weighted by Crippen LogP contribution is -2.04. The zero-order chi connectivity index (χ0) is 12.3. The molecule has 0 spiro atoms. The Kier molecular flexibility index (Phi) is 4.15. The predicted molar refractivity (Wildman–Crippen MR) is 72.9 cm³/mol. The van der Waals surface area contributed by atoms with E-state index in [1.54, 1.807) is 6.20 Å². The first-order chi connectivity index (χ1) is 8.16. The van der Waals surface area contributed by atoms with E-state index in [2.05, 4.69) is 25.9 Å². The number of halogens is 1. The van der Waals surface area contributed by atoms with Crippen LogP contribution in [0.15, 0.2) is 51.2 Å². The maximum atomic E-state index is 5.77. The molecule has 88 valence electrons. The first-order valence-electron chi connectivity index (χ1n) is 5.16. The third-order valence-electron chi connectivity index (χ3n) is 2.21. The standard InChI is InChI=1S/C12H12BrN3S/c1-8(14)9-4-5-11(16-7-9)17-12-10(13)3-2-6-15-12/h2-8H,14H2,1H3/t8-/m0/s1. The summed E-state index contributed by atoms with van der Waals surface area (Å²) in [6, 6.07) is 7.83. The van der Waals surface area contributed by atoms with Gasteiger partial charge in [0.25, 0.3) is 0 Å². The van der Waals surface area contributed by atoms with Crippen LogP contribution in [0.3, 0.4) is 0 Å². The number of rotatable bonds is 3. The highest BCUT2D eigenvalue weighted by Gasteiger charge is 2.05. The average Bonchev–Trinajstić information content (AvgIpc) is 2.33. The summed E-state index contributed by atoms with van der Waals surface area (Å²) < 4.78 is 0.975. The van der Waals surface area contributed by atoms with Crippen LogP contribution in [0.1, 0.15) is 18.5 Å². The van der Waals surface area contributed by atoms with E-state index in [9.17, 15) is 0 Å². The van der Waals surface area contributed by atoms with Crippen molar-refractivity contribution >= 4 is 27.7 Å². The van der Waals surface area contributed by atoms with Crippen molar-refractivity contribution < 1.29 is 0 Å². The Hall–Kier alpha value is -0.910. The molecule has 0 saturated heterocycles. The maximum absolute atomic E-state index is 5.77. The Balaban J connectivity index is 2.17. The fourth-order valence-corrected chi connectivity index (χ4v) is 2.48. The van der Waals surface area contributed by atoms with Gasteiger partial charge < -0.3 is 5.73 Å². The van der Waals surface area contributed by atoms with Gasteiger partial charge in [-0.25, -0.2) is 9.97 Å². The highest BCUT2D eigenvalue weighted by Crippen LogP contribution is 2.30. The van der Waals surface area contributed by atoms with Crippen molar-refractivity contribution in [1.29, 1.82) is 0 Å². The van der Waals surface area contributed by atoms with Gasteiger partial charge >= 0.3 is 0 Å². The molecule has 2 heterocycles. The SMILES string of the molecule is C[C@H](N)c1ccc(Sc2ncccc2Br)nc1. The highest BCUT2D eigenvalue weighted by molar-refractivity contribution is 9.10. The molecule has 0 aliphatic rings.